The lowest BCUT2D eigenvalue weighted by Crippen LogP contribution is -2.37. The molecule has 2 N–H and O–H groups in total. The number of thiazole rings is 1. The molecule has 0 saturated carbocycles. The van der Waals surface area contributed by atoms with Crippen LogP contribution in [0.5, 0.6) is 11.5 Å². The third-order valence-electron chi connectivity index (χ3n) is 3.48. The minimum atomic E-state index is 0.724. The minimum Gasteiger partial charge on any atom is -0.493 e. The smallest absolute Gasteiger partial charge is 0.191 e. The van der Waals surface area contributed by atoms with Crippen LogP contribution in [-0.4, -0.2) is 38.8 Å². The van der Waals surface area contributed by atoms with Crippen LogP contribution < -0.4 is 20.1 Å². The summed E-state index contributed by atoms with van der Waals surface area (Å²) in [4.78, 5) is 9.68. The van der Waals surface area contributed by atoms with Gasteiger partial charge in [0, 0.05) is 24.7 Å². The Morgan fingerprint density at radius 2 is 2.00 bits per heavy atom. The van der Waals surface area contributed by atoms with Gasteiger partial charge in [-0.1, -0.05) is 6.07 Å². The summed E-state index contributed by atoms with van der Waals surface area (Å²) < 4.78 is 10.6. The first-order valence-corrected chi connectivity index (χ1v) is 8.54. The van der Waals surface area contributed by atoms with Gasteiger partial charge >= 0.3 is 0 Å². The first-order chi connectivity index (χ1) is 11.7. The van der Waals surface area contributed by atoms with E-state index in [2.05, 4.69) is 20.6 Å². The Labute approximate surface area is 146 Å². The summed E-state index contributed by atoms with van der Waals surface area (Å²) in [6.07, 6.45) is 2.75. The summed E-state index contributed by atoms with van der Waals surface area (Å²) in [5.74, 6) is 2.27. The number of aliphatic imine (C=N–C) groups is 1. The molecule has 0 amide bonds. The monoisotopic (exact) mass is 348 g/mol. The van der Waals surface area contributed by atoms with Crippen molar-refractivity contribution in [1.29, 1.82) is 0 Å². The number of aromatic nitrogens is 1. The molecule has 0 aliphatic heterocycles. The predicted octanol–water partition coefficient (Wildman–Crippen LogP) is 2.38. The van der Waals surface area contributed by atoms with Gasteiger partial charge in [-0.15, -0.1) is 11.3 Å². The molecule has 0 radical (unpaired) electrons. The second kappa shape index (κ2) is 9.12. The van der Waals surface area contributed by atoms with Gasteiger partial charge in [0.1, 0.15) is 0 Å². The van der Waals surface area contributed by atoms with Crippen molar-refractivity contribution in [2.24, 2.45) is 4.99 Å². The van der Waals surface area contributed by atoms with Crippen LogP contribution in [0.15, 0.2) is 29.4 Å². The highest BCUT2D eigenvalue weighted by atomic mass is 32.1. The lowest BCUT2D eigenvalue weighted by atomic mass is 10.1. The van der Waals surface area contributed by atoms with E-state index >= 15 is 0 Å². The van der Waals surface area contributed by atoms with Crippen LogP contribution in [-0.2, 0) is 13.0 Å². The van der Waals surface area contributed by atoms with Gasteiger partial charge in [0.2, 0.25) is 0 Å². The minimum absolute atomic E-state index is 0.724. The SMILES string of the molecule is CN=C(NCCc1ccc(OC)c(OC)c1)NCc1cnc(C)s1. The topological polar surface area (TPSA) is 67.8 Å². The van der Waals surface area contributed by atoms with Crippen molar-refractivity contribution in [2.75, 3.05) is 27.8 Å². The van der Waals surface area contributed by atoms with E-state index in [1.807, 2.05) is 31.3 Å². The number of rotatable bonds is 7. The molecule has 0 atom stereocenters. The molecule has 1 aromatic heterocycles. The maximum Gasteiger partial charge on any atom is 0.191 e. The van der Waals surface area contributed by atoms with Gasteiger partial charge in [-0.2, -0.15) is 0 Å². The number of guanidine groups is 1. The van der Waals surface area contributed by atoms with Crippen molar-refractivity contribution < 1.29 is 9.47 Å². The molecular formula is C17H24N4O2S. The molecule has 1 heterocycles. The molecule has 130 valence electrons. The first kappa shape index (κ1) is 18.1. The van der Waals surface area contributed by atoms with Crippen molar-refractivity contribution in [2.45, 2.75) is 19.9 Å². The predicted molar refractivity (Wildman–Crippen MR) is 98.3 cm³/mol. The van der Waals surface area contributed by atoms with Crippen molar-refractivity contribution in [3.63, 3.8) is 0 Å². The molecule has 0 bridgehead atoms. The fraction of sp³-hybridized carbons (Fsp3) is 0.412. The zero-order chi connectivity index (χ0) is 17.4. The lowest BCUT2D eigenvalue weighted by molar-refractivity contribution is 0.354. The molecule has 0 aliphatic rings. The van der Waals surface area contributed by atoms with E-state index in [9.17, 15) is 0 Å². The number of methoxy groups -OCH3 is 2. The molecule has 24 heavy (non-hydrogen) atoms. The maximum absolute atomic E-state index is 5.33. The quantitative estimate of drug-likeness (QED) is 0.594. The van der Waals surface area contributed by atoms with E-state index in [1.165, 1.54) is 10.4 Å². The van der Waals surface area contributed by atoms with Crippen LogP contribution in [0.1, 0.15) is 15.4 Å². The number of benzene rings is 1. The Kier molecular flexibility index (Phi) is 6.87. The number of nitrogens with zero attached hydrogens (tertiary/aromatic N) is 2. The fourth-order valence-electron chi connectivity index (χ4n) is 2.24. The van der Waals surface area contributed by atoms with E-state index in [4.69, 9.17) is 9.47 Å². The zero-order valence-corrected chi connectivity index (χ0v) is 15.4. The van der Waals surface area contributed by atoms with Gasteiger partial charge in [-0.25, -0.2) is 4.98 Å². The zero-order valence-electron chi connectivity index (χ0n) is 14.5. The van der Waals surface area contributed by atoms with Gasteiger partial charge in [0.25, 0.3) is 0 Å². The van der Waals surface area contributed by atoms with Crippen molar-refractivity contribution >= 4 is 17.3 Å². The van der Waals surface area contributed by atoms with Crippen LogP contribution >= 0.6 is 11.3 Å². The second-order valence-corrected chi connectivity index (χ2v) is 6.46. The number of ether oxygens (including phenoxy) is 2. The van der Waals surface area contributed by atoms with E-state index in [0.29, 0.717) is 0 Å². The van der Waals surface area contributed by atoms with Crippen LogP contribution in [0.25, 0.3) is 0 Å². The Morgan fingerprint density at radius 3 is 2.62 bits per heavy atom. The van der Waals surface area contributed by atoms with E-state index in [-0.39, 0.29) is 0 Å². The highest BCUT2D eigenvalue weighted by Gasteiger charge is 2.05. The number of hydrogen-bond donors (Lipinski definition) is 2. The number of aryl methyl sites for hydroxylation is 1. The summed E-state index contributed by atoms with van der Waals surface area (Å²) >= 11 is 1.69. The van der Waals surface area contributed by atoms with E-state index in [0.717, 1.165) is 42.0 Å². The van der Waals surface area contributed by atoms with Gasteiger partial charge in [0.15, 0.2) is 17.5 Å². The average molecular weight is 348 g/mol. The Hall–Kier alpha value is -2.28. The molecule has 2 aromatic rings. The second-order valence-electron chi connectivity index (χ2n) is 5.14. The summed E-state index contributed by atoms with van der Waals surface area (Å²) in [5.41, 5.74) is 1.17. The largest absolute Gasteiger partial charge is 0.493 e. The first-order valence-electron chi connectivity index (χ1n) is 7.73. The fourth-order valence-corrected chi connectivity index (χ4v) is 2.97. The standard InChI is InChI=1S/C17H24N4O2S/c1-12-20-10-14(24-12)11-21-17(18-2)19-8-7-13-5-6-15(22-3)16(9-13)23-4/h5-6,9-10H,7-8,11H2,1-4H3,(H2,18,19,21). The Bertz CT molecular complexity index is 685. The van der Waals surface area contributed by atoms with Gasteiger partial charge in [-0.3, -0.25) is 4.99 Å². The molecule has 0 unspecified atom stereocenters. The molecule has 0 spiro atoms. The highest BCUT2D eigenvalue weighted by molar-refractivity contribution is 7.11. The summed E-state index contributed by atoms with van der Waals surface area (Å²) in [5, 5.41) is 7.68. The lowest BCUT2D eigenvalue weighted by Gasteiger charge is -2.12. The summed E-state index contributed by atoms with van der Waals surface area (Å²) in [6.45, 7) is 3.50. The van der Waals surface area contributed by atoms with Crippen molar-refractivity contribution in [1.82, 2.24) is 15.6 Å². The van der Waals surface area contributed by atoms with Crippen molar-refractivity contribution in [3.8, 4) is 11.5 Å². The van der Waals surface area contributed by atoms with Crippen LogP contribution in [0.4, 0.5) is 0 Å². The average Bonchev–Trinajstić information content (AvgIpc) is 3.03. The van der Waals surface area contributed by atoms with E-state index in [1.54, 1.807) is 32.6 Å². The number of nitrogens with one attached hydrogen (secondary N) is 2. The summed E-state index contributed by atoms with van der Waals surface area (Å²) in [6, 6.07) is 5.96. The van der Waals surface area contributed by atoms with Crippen LogP contribution in [0, 0.1) is 6.92 Å². The van der Waals surface area contributed by atoms with Gasteiger partial charge in [-0.05, 0) is 31.0 Å². The summed E-state index contributed by atoms with van der Waals surface area (Å²) in [7, 11) is 5.05. The molecule has 2 rings (SSSR count). The molecule has 6 nitrogen and oxygen atoms in total. The Morgan fingerprint density at radius 1 is 1.21 bits per heavy atom. The molecule has 7 heteroatoms. The van der Waals surface area contributed by atoms with Crippen LogP contribution in [0.3, 0.4) is 0 Å². The maximum atomic E-state index is 5.33. The number of hydrogen-bond acceptors (Lipinski definition) is 5. The third kappa shape index (κ3) is 5.13. The van der Waals surface area contributed by atoms with Crippen molar-refractivity contribution in [3.05, 3.63) is 39.8 Å². The molecule has 0 saturated heterocycles. The molecule has 1 aromatic carbocycles. The molecular weight excluding hydrogens is 324 g/mol. The third-order valence-corrected chi connectivity index (χ3v) is 4.39. The van der Waals surface area contributed by atoms with Gasteiger partial charge in [0.05, 0.1) is 25.8 Å². The molecule has 0 fully saturated rings. The Balaban J connectivity index is 1.81. The highest BCUT2D eigenvalue weighted by Crippen LogP contribution is 2.27. The van der Waals surface area contributed by atoms with Crippen LogP contribution in [0.2, 0.25) is 0 Å². The van der Waals surface area contributed by atoms with Gasteiger partial charge < -0.3 is 20.1 Å². The molecule has 0 aliphatic carbocycles. The van der Waals surface area contributed by atoms with E-state index < -0.39 is 0 Å². The normalized spacial score (nSPS) is 11.2.